The first-order chi connectivity index (χ1) is 16.9. The number of alkyl halides is 3. The van der Waals surface area contributed by atoms with Crippen LogP contribution < -0.4 is 0 Å². The topological polar surface area (TPSA) is 103 Å². The van der Waals surface area contributed by atoms with Crippen molar-refractivity contribution in [2.75, 3.05) is 26.2 Å². The Hall–Kier alpha value is -2.63. The molecule has 0 unspecified atom stereocenters. The maximum atomic E-state index is 13.2. The number of likely N-dealkylation sites (tertiary alicyclic amines) is 2. The number of aromatic nitrogens is 5. The molecule has 9 nitrogen and oxygen atoms in total. The number of nitrogens with zero attached hydrogens (tertiary/aromatic N) is 6. The van der Waals surface area contributed by atoms with Crippen LogP contribution in [0.5, 0.6) is 0 Å². The zero-order chi connectivity index (χ0) is 25.1. The van der Waals surface area contributed by atoms with E-state index in [-0.39, 0.29) is 28.3 Å². The average molecular weight is 506 g/mol. The molecule has 2 amide bonds. The van der Waals surface area contributed by atoms with Crippen molar-refractivity contribution in [1.29, 1.82) is 0 Å². The van der Waals surface area contributed by atoms with Gasteiger partial charge in [-0.15, -0.1) is 0 Å². The van der Waals surface area contributed by atoms with E-state index in [2.05, 4.69) is 20.3 Å². The van der Waals surface area contributed by atoms with Crippen LogP contribution in [0.15, 0.2) is 6.20 Å². The fourth-order valence-corrected chi connectivity index (χ4v) is 7.25. The molecule has 5 aliphatic rings. The minimum absolute atomic E-state index is 0.0840. The fourth-order valence-electron chi connectivity index (χ4n) is 7.25. The van der Waals surface area contributed by atoms with Gasteiger partial charge in [-0.3, -0.25) is 9.78 Å². The number of aromatic amines is 1. The Morgan fingerprint density at radius 3 is 2.31 bits per heavy atom. The van der Waals surface area contributed by atoms with E-state index in [1.54, 1.807) is 0 Å². The van der Waals surface area contributed by atoms with E-state index in [1.807, 2.05) is 9.80 Å². The molecule has 5 fully saturated rings. The molecule has 2 spiro atoms. The normalized spacial score (nSPS) is 25.9. The highest BCUT2D eigenvalue weighted by atomic mass is 19.4. The molecular formula is C24H30F3N7O2. The summed E-state index contributed by atoms with van der Waals surface area (Å²) in [6.07, 6.45) is 2.56. The highest BCUT2D eigenvalue weighted by Crippen LogP contribution is 2.57. The zero-order valence-electron chi connectivity index (χ0n) is 20.2. The molecule has 0 bridgehead atoms. The summed E-state index contributed by atoms with van der Waals surface area (Å²) in [6, 6.07) is 0.0858. The van der Waals surface area contributed by atoms with Crippen molar-refractivity contribution < 1.29 is 23.1 Å². The molecule has 2 aliphatic heterocycles. The number of carbonyl (C=O) groups is 1. The lowest BCUT2D eigenvalue weighted by Crippen LogP contribution is -2.71. The Bertz CT molecular complexity index is 1200. The Morgan fingerprint density at radius 1 is 1.11 bits per heavy atom. The molecule has 194 valence electrons. The van der Waals surface area contributed by atoms with Crippen LogP contribution >= 0.6 is 0 Å². The maximum Gasteiger partial charge on any atom is 0.435 e. The first kappa shape index (κ1) is 22.6. The van der Waals surface area contributed by atoms with E-state index in [0.717, 1.165) is 57.4 Å². The van der Waals surface area contributed by atoms with E-state index >= 15 is 0 Å². The minimum Gasteiger partial charge on any atom is -0.382 e. The number of hydrogen-bond acceptors (Lipinski definition) is 5. The lowest BCUT2D eigenvalue weighted by Gasteiger charge is -2.63. The highest BCUT2D eigenvalue weighted by Gasteiger charge is 2.59. The number of hydrogen-bond donors (Lipinski definition) is 2. The molecule has 2 aromatic heterocycles. The third kappa shape index (κ3) is 3.47. The number of nitrogens with one attached hydrogen (secondary N) is 1. The van der Waals surface area contributed by atoms with Gasteiger partial charge in [-0.05, 0) is 50.9 Å². The summed E-state index contributed by atoms with van der Waals surface area (Å²) in [5, 5.41) is 21.0. The lowest BCUT2D eigenvalue weighted by molar-refractivity contribution is -0.142. The standard InChI is InChI=1S/C24H30F3N7O2/c1-32-9-15(17(31-32)24(25,26)27)4-14-5-21(6-14)10-33(11-21)20(35)34-12-22(13-34)7-16(8-22)18-28-19(30-29-18)23(36)2-3-23/h9,14,16,36H,2-8,10-13H2,1H3,(H,28,29,30). The third-order valence-corrected chi connectivity index (χ3v) is 9.16. The molecule has 36 heavy (non-hydrogen) atoms. The van der Waals surface area contributed by atoms with Crippen LogP contribution in [0.2, 0.25) is 0 Å². The van der Waals surface area contributed by atoms with Gasteiger partial charge in [-0.2, -0.15) is 23.4 Å². The molecule has 2 aromatic rings. The monoisotopic (exact) mass is 505 g/mol. The second kappa shape index (κ2) is 7.02. The largest absolute Gasteiger partial charge is 0.435 e. The Morgan fingerprint density at radius 2 is 1.72 bits per heavy atom. The van der Waals surface area contributed by atoms with Gasteiger partial charge < -0.3 is 14.9 Å². The number of aryl methyl sites for hydroxylation is 1. The van der Waals surface area contributed by atoms with Crippen LogP contribution in [0.1, 0.15) is 67.3 Å². The molecule has 4 heterocycles. The first-order valence-corrected chi connectivity index (χ1v) is 12.7. The number of amides is 2. The van der Waals surface area contributed by atoms with Crippen LogP contribution in [0, 0.1) is 16.7 Å². The third-order valence-electron chi connectivity index (χ3n) is 9.16. The van der Waals surface area contributed by atoms with Gasteiger partial charge in [0.2, 0.25) is 0 Å². The van der Waals surface area contributed by atoms with Gasteiger partial charge in [0.05, 0.1) is 0 Å². The van der Waals surface area contributed by atoms with Crippen molar-refractivity contribution in [3.05, 3.63) is 29.1 Å². The first-order valence-electron chi connectivity index (χ1n) is 12.7. The smallest absolute Gasteiger partial charge is 0.382 e. The molecular weight excluding hydrogens is 475 g/mol. The number of aliphatic hydroxyl groups is 1. The van der Waals surface area contributed by atoms with Crippen molar-refractivity contribution in [2.24, 2.45) is 23.8 Å². The van der Waals surface area contributed by atoms with Gasteiger partial charge in [0, 0.05) is 61.7 Å². The zero-order valence-corrected chi connectivity index (χ0v) is 20.2. The molecule has 0 atom stereocenters. The van der Waals surface area contributed by atoms with Gasteiger partial charge >= 0.3 is 12.2 Å². The Kier molecular flexibility index (Phi) is 4.40. The Labute approximate surface area is 206 Å². The van der Waals surface area contributed by atoms with Crippen molar-refractivity contribution in [3.63, 3.8) is 0 Å². The van der Waals surface area contributed by atoms with Crippen molar-refractivity contribution in [3.8, 4) is 0 Å². The van der Waals surface area contributed by atoms with E-state index < -0.39 is 17.5 Å². The summed E-state index contributed by atoms with van der Waals surface area (Å²) in [7, 11) is 1.52. The average Bonchev–Trinajstić information content (AvgIpc) is 3.08. The van der Waals surface area contributed by atoms with Gasteiger partial charge in [-0.1, -0.05) is 0 Å². The molecule has 2 N–H and O–H groups in total. The van der Waals surface area contributed by atoms with E-state index in [1.165, 1.54) is 17.9 Å². The molecule has 0 aromatic carbocycles. The number of carbonyl (C=O) groups excluding carboxylic acids is 1. The van der Waals surface area contributed by atoms with Crippen molar-refractivity contribution in [1.82, 2.24) is 34.8 Å². The second-order valence-corrected chi connectivity index (χ2v) is 12.3. The van der Waals surface area contributed by atoms with Crippen LogP contribution in [0.25, 0.3) is 0 Å². The van der Waals surface area contributed by atoms with Crippen molar-refractivity contribution in [2.45, 2.75) is 62.6 Å². The van der Waals surface area contributed by atoms with E-state index in [9.17, 15) is 23.1 Å². The van der Waals surface area contributed by atoms with Gasteiger partial charge in [-0.25, -0.2) is 9.78 Å². The van der Waals surface area contributed by atoms with Crippen LogP contribution in [-0.4, -0.2) is 72.1 Å². The summed E-state index contributed by atoms with van der Waals surface area (Å²) < 4.78 is 40.9. The van der Waals surface area contributed by atoms with Crippen LogP contribution in [0.4, 0.5) is 18.0 Å². The molecule has 2 saturated heterocycles. The number of urea groups is 1. The summed E-state index contributed by atoms with van der Waals surface area (Å²) >= 11 is 0. The van der Waals surface area contributed by atoms with Crippen molar-refractivity contribution >= 4 is 6.03 Å². The molecule has 3 aliphatic carbocycles. The Balaban J connectivity index is 0.862. The summed E-state index contributed by atoms with van der Waals surface area (Å²) in [6.45, 7) is 2.94. The maximum absolute atomic E-state index is 13.2. The van der Waals surface area contributed by atoms with Crippen LogP contribution in [0.3, 0.4) is 0 Å². The highest BCUT2D eigenvalue weighted by molar-refractivity contribution is 5.77. The molecule has 7 rings (SSSR count). The summed E-state index contributed by atoms with van der Waals surface area (Å²) in [5.41, 5.74) is -1.07. The predicted octanol–water partition coefficient (Wildman–Crippen LogP) is 2.79. The number of rotatable bonds is 4. The van der Waals surface area contributed by atoms with Gasteiger partial charge in [0.1, 0.15) is 11.4 Å². The van der Waals surface area contributed by atoms with Gasteiger partial charge in [0.15, 0.2) is 11.5 Å². The van der Waals surface area contributed by atoms with E-state index in [0.29, 0.717) is 31.3 Å². The summed E-state index contributed by atoms with van der Waals surface area (Å²) in [4.78, 5) is 21.2. The predicted molar refractivity (Wildman–Crippen MR) is 120 cm³/mol. The number of H-pyrrole nitrogens is 1. The quantitative estimate of drug-likeness (QED) is 0.665. The SMILES string of the molecule is Cn1cc(CC2CC3(C2)CN(C(=O)N2CC4(CC(c5nc(C6(O)CC6)n[nH]5)C4)C2)C3)c(C(F)(F)F)n1. The molecule has 3 saturated carbocycles. The fraction of sp³-hybridized carbons (Fsp3) is 0.750. The number of halogens is 3. The summed E-state index contributed by atoms with van der Waals surface area (Å²) in [5.74, 6) is 1.88. The molecule has 0 radical (unpaired) electrons. The minimum atomic E-state index is -4.43. The lowest BCUT2D eigenvalue weighted by atomic mass is 9.56. The van der Waals surface area contributed by atoms with Crippen LogP contribution in [-0.2, 0) is 25.2 Å². The molecule has 12 heteroatoms. The second-order valence-electron chi connectivity index (χ2n) is 12.3. The van der Waals surface area contributed by atoms with E-state index in [4.69, 9.17) is 0 Å². The van der Waals surface area contributed by atoms with Gasteiger partial charge in [0.25, 0.3) is 0 Å².